The van der Waals surface area contributed by atoms with E-state index in [0.717, 1.165) is 24.9 Å². The Balaban J connectivity index is 1.67. The molecule has 2 saturated heterocycles. The molecular formula is C15H19NO2S. The molecule has 1 aromatic heterocycles. The van der Waals surface area contributed by atoms with E-state index in [2.05, 4.69) is 28.2 Å². The molecule has 3 nitrogen and oxygen atoms in total. The van der Waals surface area contributed by atoms with Crippen LogP contribution >= 0.6 is 11.3 Å². The molecule has 0 radical (unpaired) electrons. The molecule has 2 aliphatic rings. The smallest absolute Gasteiger partial charge is 0.104 e. The number of hydrogen-bond acceptors (Lipinski definition) is 4. The van der Waals surface area contributed by atoms with Gasteiger partial charge in [0, 0.05) is 34.4 Å². The quantitative estimate of drug-likeness (QED) is 0.807. The van der Waals surface area contributed by atoms with Crippen LogP contribution in [0, 0.1) is 11.8 Å². The van der Waals surface area contributed by atoms with Crippen LogP contribution in [-0.2, 0) is 6.54 Å². The van der Waals surface area contributed by atoms with Gasteiger partial charge in [-0.05, 0) is 31.7 Å². The van der Waals surface area contributed by atoms with E-state index >= 15 is 0 Å². The number of aliphatic hydroxyl groups is 2. The van der Waals surface area contributed by atoms with Crippen molar-refractivity contribution in [2.75, 3.05) is 6.61 Å². The highest BCUT2D eigenvalue weighted by atomic mass is 32.1. The van der Waals surface area contributed by atoms with Crippen molar-refractivity contribution in [1.82, 2.24) is 4.90 Å². The summed E-state index contributed by atoms with van der Waals surface area (Å²) in [5, 5.41) is 20.6. The van der Waals surface area contributed by atoms with Gasteiger partial charge in [0.05, 0.1) is 6.10 Å². The van der Waals surface area contributed by atoms with Crippen molar-refractivity contribution in [3.05, 3.63) is 21.9 Å². The normalized spacial score (nSPS) is 30.1. The van der Waals surface area contributed by atoms with Gasteiger partial charge in [-0.25, -0.2) is 0 Å². The van der Waals surface area contributed by atoms with Gasteiger partial charge in [0.2, 0.25) is 0 Å². The monoisotopic (exact) mass is 277 g/mol. The van der Waals surface area contributed by atoms with Gasteiger partial charge >= 0.3 is 0 Å². The first-order valence-corrected chi connectivity index (χ1v) is 7.75. The molecule has 2 N–H and O–H groups in total. The van der Waals surface area contributed by atoms with Crippen molar-refractivity contribution in [2.45, 2.75) is 50.4 Å². The maximum Gasteiger partial charge on any atom is 0.104 e. The van der Waals surface area contributed by atoms with Crippen LogP contribution < -0.4 is 0 Å². The minimum atomic E-state index is -0.0944. The van der Waals surface area contributed by atoms with Crippen LogP contribution in [0.3, 0.4) is 0 Å². The highest BCUT2D eigenvalue weighted by molar-refractivity contribution is 7.10. The Kier molecular flexibility index (Phi) is 3.90. The molecule has 2 atom stereocenters. The minimum Gasteiger partial charge on any atom is -0.393 e. The van der Waals surface area contributed by atoms with Crippen LogP contribution in [0.5, 0.6) is 0 Å². The van der Waals surface area contributed by atoms with Gasteiger partial charge in [0.1, 0.15) is 6.61 Å². The maximum absolute atomic E-state index is 9.81. The molecule has 0 saturated carbocycles. The second-order valence-corrected chi connectivity index (χ2v) is 6.44. The van der Waals surface area contributed by atoms with Gasteiger partial charge in [0.25, 0.3) is 0 Å². The maximum atomic E-state index is 9.81. The van der Waals surface area contributed by atoms with E-state index in [0.29, 0.717) is 12.1 Å². The van der Waals surface area contributed by atoms with Gasteiger partial charge in [-0.3, -0.25) is 4.90 Å². The summed E-state index contributed by atoms with van der Waals surface area (Å²) in [6.07, 6.45) is 4.22. The zero-order valence-electron chi connectivity index (χ0n) is 10.9. The predicted octanol–water partition coefficient (Wildman–Crippen LogP) is 1.58. The lowest BCUT2D eigenvalue weighted by molar-refractivity contribution is 0.0316. The fraction of sp³-hybridized carbons (Fsp3) is 0.600. The molecule has 19 heavy (non-hydrogen) atoms. The number of aliphatic hydroxyl groups excluding tert-OH is 2. The number of piperidine rings is 1. The molecule has 2 fully saturated rings. The number of thiophene rings is 1. The highest BCUT2D eigenvalue weighted by Gasteiger charge is 2.39. The van der Waals surface area contributed by atoms with Crippen LogP contribution in [0.25, 0.3) is 0 Å². The van der Waals surface area contributed by atoms with Gasteiger partial charge in [-0.15, -0.1) is 11.3 Å². The first-order valence-electron chi connectivity index (χ1n) is 6.87. The van der Waals surface area contributed by atoms with Gasteiger partial charge in [-0.2, -0.15) is 0 Å². The molecule has 0 aliphatic carbocycles. The van der Waals surface area contributed by atoms with Crippen molar-refractivity contribution >= 4 is 11.3 Å². The van der Waals surface area contributed by atoms with E-state index in [1.807, 2.05) is 0 Å². The lowest BCUT2D eigenvalue weighted by Crippen LogP contribution is -2.43. The molecule has 3 heterocycles. The topological polar surface area (TPSA) is 43.7 Å². The second-order valence-electron chi connectivity index (χ2n) is 5.44. The molecule has 4 heteroatoms. The first kappa shape index (κ1) is 13.1. The summed E-state index contributed by atoms with van der Waals surface area (Å²) >= 11 is 1.74. The average Bonchev–Trinajstić information content (AvgIpc) is 2.92. The largest absolute Gasteiger partial charge is 0.393 e. The third-order valence-corrected chi connectivity index (χ3v) is 5.08. The molecular weight excluding hydrogens is 258 g/mol. The fourth-order valence-electron chi connectivity index (χ4n) is 3.35. The van der Waals surface area contributed by atoms with Crippen LogP contribution in [-0.4, -0.2) is 39.9 Å². The second kappa shape index (κ2) is 5.64. The Morgan fingerprint density at radius 1 is 1.32 bits per heavy atom. The molecule has 2 unspecified atom stereocenters. The van der Waals surface area contributed by atoms with Gasteiger partial charge in [0.15, 0.2) is 0 Å². The van der Waals surface area contributed by atoms with Crippen LogP contribution in [0.15, 0.2) is 11.4 Å². The van der Waals surface area contributed by atoms with E-state index < -0.39 is 0 Å². The third kappa shape index (κ3) is 2.85. The number of hydrogen-bond donors (Lipinski definition) is 2. The lowest BCUT2D eigenvalue weighted by Gasteiger charge is -2.36. The van der Waals surface area contributed by atoms with E-state index in [1.165, 1.54) is 17.7 Å². The summed E-state index contributed by atoms with van der Waals surface area (Å²) in [6, 6.07) is 3.24. The number of rotatable bonds is 2. The van der Waals surface area contributed by atoms with E-state index in [1.54, 1.807) is 11.3 Å². The molecule has 0 amide bonds. The van der Waals surface area contributed by atoms with Crippen LogP contribution in [0.1, 0.15) is 36.1 Å². The van der Waals surface area contributed by atoms with Crippen LogP contribution in [0.2, 0.25) is 0 Å². The number of nitrogens with zero attached hydrogens (tertiary/aromatic N) is 1. The minimum absolute atomic E-state index is 0.0840. The molecule has 2 bridgehead atoms. The Morgan fingerprint density at radius 3 is 2.74 bits per heavy atom. The number of fused-ring (bicyclic) bond motifs is 2. The average molecular weight is 277 g/mol. The lowest BCUT2D eigenvalue weighted by atomic mass is 10.00. The first-order chi connectivity index (χ1) is 9.26. The summed E-state index contributed by atoms with van der Waals surface area (Å²) in [6.45, 7) is 0.896. The molecule has 0 aromatic carbocycles. The Labute approximate surface area is 117 Å². The molecule has 3 rings (SSSR count). The third-order valence-electron chi connectivity index (χ3n) is 4.16. The molecule has 102 valence electrons. The van der Waals surface area contributed by atoms with Crippen molar-refractivity contribution in [1.29, 1.82) is 0 Å². The summed E-state index contributed by atoms with van der Waals surface area (Å²) < 4.78 is 0. The van der Waals surface area contributed by atoms with Crippen molar-refractivity contribution in [3.8, 4) is 11.8 Å². The van der Waals surface area contributed by atoms with E-state index in [9.17, 15) is 5.11 Å². The van der Waals surface area contributed by atoms with E-state index in [4.69, 9.17) is 5.11 Å². The molecule has 1 aromatic rings. The van der Waals surface area contributed by atoms with Gasteiger partial charge < -0.3 is 10.2 Å². The SMILES string of the molecule is OCC#Cc1csc(CN2C3CCC2CC(O)C3)c1. The Bertz CT molecular complexity index is 488. The Hall–Kier alpha value is -0.860. The predicted molar refractivity (Wildman–Crippen MR) is 75.9 cm³/mol. The molecule has 0 spiro atoms. The highest BCUT2D eigenvalue weighted by Crippen LogP contribution is 2.37. The summed E-state index contributed by atoms with van der Waals surface area (Å²) in [5.74, 6) is 5.63. The fourth-order valence-corrected chi connectivity index (χ4v) is 4.18. The Morgan fingerprint density at radius 2 is 2.05 bits per heavy atom. The molecule has 2 aliphatic heterocycles. The summed E-state index contributed by atoms with van der Waals surface area (Å²) in [5.41, 5.74) is 0.999. The van der Waals surface area contributed by atoms with E-state index in [-0.39, 0.29) is 12.7 Å². The standard InChI is InChI=1S/C15H19NO2S/c17-5-1-2-11-6-15(19-10-11)9-16-12-3-4-13(16)8-14(18)7-12/h6,10,12-14,17-18H,3-5,7-9H2. The zero-order chi connectivity index (χ0) is 13.2. The zero-order valence-corrected chi connectivity index (χ0v) is 11.7. The van der Waals surface area contributed by atoms with Gasteiger partial charge in [-0.1, -0.05) is 11.8 Å². The summed E-state index contributed by atoms with van der Waals surface area (Å²) in [4.78, 5) is 3.89. The van der Waals surface area contributed by atoms with Crippen molar-refractivity contribution in [3.63, 3.8) is 0 Å². The van der Waals surface area contributed by atoms with Crippen LogP contribution in [0.4, 0.5) is 0 Å². The summed E-state index contributed by atoms with van der Waals surface area (Å²) in [7, 11) is 0. The van der Waals surface area contributed by atoms with Crippen molar-refractivity contribution in [2.24, 2.45) is 0 Å². The van der Waals surface area contributed by atoms with Crippen molar-refractivity contribution < 1.29 is 10.2 Å².